The molecule has 2 nitrogen and oxygen atoms in total. The predicted octanol–water partition coefficient (Wildman–Crippen LogP) is 4.80. The minimum absolute atomic E-state index is 0.231. The predicted molar refractivity (Wildman–Crippen MR) is 72.0 cm³/mol. The second kappa shape index (κ2) is 4.94. The second-order valence-corrected chi connectivity index (χ2v) is 4.55. The van der Waals surface area contributed by atoms with Crippen molar-refractivity contribution in [2.24, 2.45) is 0 Å². The molecule has 0 atom stereocenters. The highest BCUT2D eigenvalue weighted by atomic mass is 35.5. The van der Waals surface area contributed by atoms with Crippen molar-refractivity contribution in [2.75, 3.05) is 0 Å². The quantitative estimate of drug-likeness (QED) is 0.685. The standard InChI is InChI=1S/C15H10ClFO2/c16-11-4-2-5-12(8-11)18-9-13-7-10-3-1-6-14(17)15(10)19-13/h1-8H,9H2. The molecule has 0 bridgehead atoms. The van der Waals surface area contributed by atoms with Crippen LogP contribution in [0.3, 0.4) is 0 Å². The summed E-state index contributed by atoms with van der Waals surface area (Å²) in [7, 11) is 0. The summed E-state index contributed by atoms with van der Waals surface area (Å²) in [5.74, 6) is 0.847. The lowest BCUT2D eigenvalue weighted by Crippen LogP contribution is -1.93. The van der Waals surface area contributed by atoms with Crippen LogP contribution in [0.2, 0.25) is 5.02 Å². The molecular formula is C15H10ClFO2. The molecule has 0 unspecified atom stereocenters. The summed E-state index contributed by atoms with van der Waals surface area (Å²) >= 11 is 5.86. The number of benzene rings is 2. The van der Waals surface area contributed by atoms with Gasteiger partial charge in [0.2, 0.25) is 0 Å². The lowest BCUT2D eigenvalue weighted by Gasteiger charge is -2.03. The van der Waals surface area contributed by atoms with Gasteiger partial charge in [-0.15, -0.1) is 0 Å². The maximum absolute atomic E-state index is 13.5. The van der Waals surface area contributed by atoms with Crippen molar-refractivity contribution in [2.45, 2.75) is 6.61 Å². The van der Waals surface area contributed by atoms with Gasteiger partial charge in [-0.3, -0.25) is 0 Å². The maximum atomic E-state index is 13.5. The highest BCUT2D eigenvalue weighted by Crippen LogP contribution is 2.24. The molecule has 0 spiro atoms. The van der Waals surface area contributed by atoms with Gasteiger partial charge in [0.1, 0.15) is 18.1 Å². The zero-order valence-corrected chi connectivity index (χ0v) is 10.7. The molecule has 0 radical (unpaired) electrons. The first-order chi connectivity index (χ1) is 9.22. The molecule has 0 fully saturated rings. The van der Waals surface area contributed by atoms with Crippen molar-refractivity contribution >= 4 is 22.6 Å². The minimum Gasteiger partial charge on any atom is -0.486 e. The van der Waals surface area contributed by atoms with Crippen LogP contribution in [0.1, 0.15) is 5.76 Å². The third-order valence-corrected chi connectivity index (χ3v) is 2.96. The highest BCUT2D eigenvalue weighted by molar-refractivity contribution is 6.30. The Labute approximate surface area is 114 Å². The lowest BCUT2D eigenvalue weighted by molar-refractivity contribution is 0.273. The second-order valence-electron chi connectivity index (χ2n) is 4.12. The molecule has 19 heavy (non-hydrogen) atoms. The highest BCUT2D eigenvalue weighted by Gasteiger charge is 2.08. The molecule has 0 saturated heterocycles. The number of furan rings is 1. The fraction of sp³-hybridized carbons (Fsp3) is 0.0667. The molecular weight excluding hydrogens is 267 g/mol. The van der Waals surface area contributed by atoms with Gasteiger partial charge in [-0.25, -0.2) is 4.39 Å². The third kappa shape index (κ3) is 2.56. The van der Waals surface area contributed by atoms with Crippen LogP contribution in [-0.4, -0.2) is 0 Å². The van der Waals surface area contributed by atoms with E-state index in [0.29, 0.717) is 16.5 Å². The monoisotopic (exact) mass is 276 g/mol. The van der Waals surface area contributed by atoms with Gasteiger partial charge in [-0.05, 0) is 30.3 Å². The molecule has 96 valence electrons. The third-order valence-electron chi connectivity index (χ3n) is 2.72. The number of para-hydroxylation sites is 1. The molecule has 3 aromatic rings. The van der Waals surface area contributed by atoms with Gasteiger partial charge < -0.3 is 9.15 Å². The van der Waals surface area contributed by atoms with Crippen LogP contribution in [0.25, 0.3) is 11.0 Å². The van der Waals surface area contributed by atoms with E-state index in [0.717, 1.165) is 5.39 Å². The van der Waals surface area contributed by atoms with E-state index < -0.39 is 0 Å². The summed E-state index contributed by atoms with van der Waals surface area (Å²) in [6.07, 6.45) is 0. The van der Waals surface area contributed by atoms with Gasteiger partial charge in [0.05, 0.1) is 0 Å². The van der Waals surface area contributed by atoms with Crippen LogP contribution in [0.4, 0.5) is 4.39 Å². The lowest BCUT2D eigenvalue weighted by atomic mass is 10.2. The topological polar surface area (TPSA) is 22.4 Å². The van der Waals surface area contributed by atoms with Gasteiger partial charge in [0.15, 0.2) is 11.4 Å². The Morgan fingerprint density at radius 3 is 2.74 bits per heavy atom. The Morgan fingerprint density at radius 1 is 1.11 bits per heavy atom. The summed E-state index contributed by atoms with van der Waals surface area (Å²) in [6.45, 7) is 0.231. The SMILES string of the molecule is Fc1cccc2cc(COc3cccc(Cl)c3)oc12. The van der Waals surface area contributed by atoms with E-state index in [9.17, 15) is 4.39 Å². The normalized spacial score (nSPS) is 10.8. The summed E-state index contributed by atoms with van der Waals surface area (Å²) in [4.78, 5) is 0. The zero-order chi connectivity index (χ0) is 13.2. The van der Waals surface area contributed by atoms with E-state index in [2.05, 4.69) is 0 Å². The Balaban J connectivity index is 1.80. The van der Waals surface area contributed by atoms with Gasteiger partial charge in [0, 0.05) is 10.4 Å². The van der Waals surface area contributed by atoms with Crippen molar-refractivity contribution in [1.29, 1.82) is 0 Å². The first-order valence-corrected chi connectivity index (χ1v) is 6.15. The van der Waals surface area contributed by atoms with E-state index in [-0.39, 0.29) is 18.0 Å². The van der Waals surface area contributed by atoms with E-state index in [4.69, 9.17) is 20.8 Å². The van der Waals surface area contributed by atoms with E-state index in [1.165, 1.54) is 6.07 Å². The summed E-state index contributed by atoms with van der Waals surface area (Å²) < 4.78 is 24.4. The molecule has 0 amide bonds. The first kappa shape index (κ1) is 12.1. The van der Waals surface area contributed by atoms with Crippen molar-refractivity contribution in [1.82, 2.24) is 0 Å². The molecule has 2 aromatic carbocycles. The fourth-order valence-corrected chi connectivity index (χ4v) is 2.04. The number of hydrogen-bond acceptors (Lipinski definition) is 2. The molecule has 0 aliphatic rings. The molecule has 0 N–H and O–H groups in total. The summed E-state index contributed by atoms with van der Waals surface area (Å²) in [5, 5.41) is 1.33. The Kier molecular flexibility index (Phi) is 3.13. The number of halogens is 2. The van der Waals surface area contributed by atoms with Crippen molar-refractivity contribution in [3.8, 4) is 5.75 Å². The Bertz CT molecular complexity index is 721. The van der Waals surface area contributed by atoms with E-state index >= 15 is 0 Å². The van der Waals surface area contributed by atoms with Crippen molar-refractivity contribution < 1.29 is 13.5 Å². The molecule has 4 heteroatoms. The Hall–Kier alpha value is -2.00. The zero-order valence-electron chi connectivity index (χ0n) is 9.90. The van der Waals surface area contributed by atoms with Gasteiger partial charge in [-0.2, -0.15) is 0 Å². The number of ether oxygens (including phenoxy) is 1. The number of fused-ring (bicyclic) bond motifs is 1. The van der Waals surface area contributed by atoms with Crippen LogP contribution in [0.5, 0.6) is 5.75 Å². The van der Waals surface area contributed by atoms with Crippen molar-refractivity contribution in [3.63, 3.8) is 0 Å². The van der Waals surface area contributed by atoms with E-state index in [1.807, 2.05) is 0 Å². The largest absolute Gasteiger partial charge is 0.486 e. The molecule has 0 aliphatic heterocycles. The van der Waals surface area contributed by atoms with Crippen molar-refractivity contribution in [3.05, 3.63) is 65.1 Å². The molecule has 0 aliphatic carbocycles. The van der Waals surface area contributed by atoms with Crippen LogP contribution in [0, 0.1) is 5.82 Å². The average molecular weight is 277 g/mol. The van der Waals surface area contributed by atoms with E-state index in [1.54, 1.807) is 42.5 Å². The molecule has 0 saturated carbocycles. The van der Waals surface area contributed by atoms with Crippen LogP contribution >= 0.6 is 11.6 Å². The van der Waals surface area contributed by atoms with Crippen LogP contribution in [0.15, 0.2) is 52.9 Å². The fourth-order valence-electron chi connectivity index (χ4n) is 1.86. The average Bonchev–Trinajstić information content (AvgIpc) is 2.81. The van der Waals surface area contributed by atoms with Gasteiger partial charge in [-0.1, -0.05) is 29.8 Å². The molecule has 1 aromatic heterocycles. The minimum atomic E-state index is -0.369. The molecule has 1 heterocycles. The Morgan fingerprint density at radius 2 is 1.95 bits per heavy atom. The molecule has 3 rings (SSSR count). The summed E-state index contributed by atoms with van der Waals surface area (Å²) in [6, 6.07) is 13.7. The smallest absolute Gasteiger partial charge is 0.170 e. The number of hydrogen-bond donors (Lipinski definition) is 0. The van der Waals surface area contributed by atoms with Crippen LogP contribution in [-0.2, 0) is 6.61 Å². The first-order valence-electron chi connectivity index (χ1n) is 5.78. The van der Waals surface area contributed by atoms with Crippen LogP contribution < -0.4 is 4.74 Å². The van der Waals surface area contributed by atoms with Gasteiger partial charge >= 0.3 is 0 Å². The number of rotatable bonds is 3. The maximum Gasteiger partial charge on any atom is 0.170 e. The van der Waals surface area contributed by atoms with Gasteiger partial charge in [0.25, 0.3) is 0 Å². The summed E-state index contributed by atoms with van der Waals surface area (Å²) in [5.41, 5.74) is 0.257.